The first-order valence-corrected chi connectivity index (χ1v) is 9.64. The lowest BCUT2D eigenvalue weighted by Gasteiger charge is -2.07. The van der Waals surface area contributed by atoms with Gasteiger partial charge in [0.2, 0.25) is 10.0 Å². The number of hydrogen-bond acceptors (Lipinski definition) is 4. The molecule has 0 saturated carbocycles. The van der Waals surface area contributed by atoms with Crippen molar-refractivity contribution >= 4 is 26.8 Å². The fraction of sp³-hybridized carbons (Fsp3) is 0.100. The van der Waals surface area contributed by atoms with E-state index in [0.29, 0.717) is 16.6 Å². The average molecular weight is 379 g/mol. The number of pyridine rings is 1. The Hall–Kier alpha value is -3.21. The SMILES string of the molecule is CNC(=O)c1ccccc1C#CCNS(=O)(=O)c1cccc2cccnc12. The second-order valence-corrected chi connectivity index (χ2v) is 7.32. The minimum Gasteiger partial charge on any atom is -0.355 e. The minimum atomic E-state index is -3.77. The topological polar surface area (TPSA) is 88.2 Å². The lowest BCUT2D eigenvalue weighted by Crippen LogP contribution is -2.24. The summed E-state index contributed by atoms with van der Waals surface area (Å²) in [5, 5.41) is 3.29. The molecule has 0 aliphatic carbocycles. The molecule has 0 aliphatic heterocycles. The van der Waals surface area contributed by atoms with E-state index in [2.05, 4.69) is 26.9 Å². The zero-order valence-electron chi connectivity index (χ0n) is 14.6. The number of carbonyl (C=O) groups is 1. The Morgan fingerprint density at radius 3 is 2.67 bits per heavy atom. The van der Waals surface area contributed by atoms with Crippen LogP contribution in [0.5, 0.6) is 0 Å². The van der Waals surface area contributed by atoms with Gasteiger partial charge in [0.25, 0.3) is 5.91 Å². The molecule has 1 aromatic heterocycles. The lowest BCUT2D eigenvalue weighted by molar-refractivity contribution is 0.0963. The molecule has 3 aromatic rings. The van der Waals surface area contributed by atoms with Crippen LogP contribution in [0.15, 0.2) is 65.7 Å². The number of aromatic nitrogens is 1. The van der Waals surface area contributed by atoms with Crippen LogP contribution in [0.3, 0.4) is 0 Å². The van der Waals surface area contributed by atoms with E-state index >= 15 is 0 Å². The molecular weight excluding hydrogens is 362 g/mol. The van der Waals surface area contributed by atoms with E-state index in [-0.39, 0.29) is 17.3 Å². The van der Waals surface area contributed by atoms with E-state index < -0.39 is 10.0 Å². The fourth-order valence-electron chi connectivity index (χ4n) is 2.57. The van der Waals surface area contributed by atoms with Crippen molar-refractivity contribution in [3.05, 3.63) is 71.9 Å². The van der Waals surface area contributed by atoms with Crippen molar-refractivity contribution in [1.29, 1.82) is 0 Å². The molecule has 7 heteroatoms. The molecule has 1 heterocycles. The van der Waals surface area contributed by atoms with E-state index in [1.54, 1.807) is 61.8 Å². The number of para-hydroxylation sites is 1. The Morgan fingerprint density at radius 2 is 1.85 bits per heavy atom. The number of hydrogen-bond donors (Lipinski definition) is 2. The number of sulfonamides is 1. The molecule has 2 N–H and O–H groups in total. The lowest BCUT2D eigenvalue weighted by atomic mass is 10.1. The Balaban J connectivity index is 1.80. The normalized spacial score (nSPS) is 10.9. The molecule has 0 unspecified atom stereocenters. The smallest absolute Gasteiger partial charge is 0.252 e. The average Bonchev–Trinajstić information content (AvgIpc) is 2.70. The van der Waals surface area contributed by atoms with E-state index in [4.69, 9.17) is 0 Å². The highest BCUT2D eigenvalue weighted by atomic mass is 32.2. The summed E-state index contributed by atoms with van der Waals surface area (Å²) in [5.74, 6) is 5.34. The Bertz CT molecular complexity index is 1160. The molecule has 3 rings (SSSR count). The molecule has 0 fully saturated rings. The Morgan fingerprint density at radius 1 is 1.07 bits per heavy atom. The van der Waals surface area contributed by atoms with Gasteiger partial charge in [0.15, 0.2) is 0 Å². The predicted molar refractivity (Wildman–Crippen MR) is 104 cm³/mol. The van der Waals surface area contributed by atoms with Crippen molar-refractivity contribution in [3.63, 3.8) is 0 Å². The quantitative estimate of drug-likeness (QED) is 0.678. The van der Waals surface area contributed by atoms with E-state index in [1.165, 1.54) is 6.07 Å². The van der Waals surface area contributed by atoms with Crippen molar-refractivity contribution in [3.8, 4) is 11.8 Å². The monoisotopic (exact) mass is 379 g/mol. The van der Waals surface area contributed by atoms with Crippen LogP contribution in [0.4, 0.5) is 0 Å². The van der Waals surface area contributed by atoms with Crippen LogP contribution in [0.1, 0.15) is 15.9 Å². The zero-order valence-corrected chi connectivity index (χ0v) is 15.4. The largest absolute Gasteiger partial charge is 0.355 e. The van der Waals surface area contributed by atoms with Gasteiger partial charge in [-0.05, 0) is 24.3 Å². The summed E-state index contributed by atoms with van der Waals surface area (Å²) in [6.45, 7) is -0.0896. The Kier molecular flexibility index (Phi) is 5.50. The summed E-state index contributed by atoms with van der Waals surface area (Å²) >= 11 is 0. The van der Waals surface area contributed by atoms with Gasteiger partial charge in [-0.1, -0.05) is 42.2 Å². The highest BCUT2D eigenvalue weighted by Gasteiger charge is 2.17. The van der Waals surface area contributed by atoms with Crippen LogP contribution in [0.25, 0.3) is 10.9 Å². The fourth-order valence-corrected chi connectivity index (χ4v) is 3.67. The number of nitrogens with zero attached hydrogens (tertiary/aromatic N) is 1. The maximum absolute atomic E-state index is 12.6. The summed E-state index contributed by atoms with van der Waals surface area (Å²) in [6, 6.07) is 15.4. The first-order valence-electron chi connectivity index (χ1n) is 8.16. The predicted octanol–water partition coefficient (Wildman–Crippen LogP) is 1.92. The second kappa shape index (κ2) is 7.99. The summed E-state index contributed by atoms with van der Waals surface area (Å²) < 4.78 is 27.7. The van der Waals surface area contributed by atoms with Gasteiger partial charge >= 0.3 is 0 Å². The highest BCUT2D eigenvalue weighted by molar-refractivity contribution is 7.89. The molecule has 6 nitrogen and oxygen atoms in total. The molecule has 1 amide bonds. The standard InChI is InChI=1S/C20H17N3O3S/c1-21-20(24)17-11-3-2-7-15(17)9-6-14-23-27(25,26)18-12-4-8-16-10-5-13-22-19(16)18/h2-5,7-8,10-13,23H,14H2,1H3,(H,21,24). The molecule has 27 heavy (non-hydrogen) atoms. The summed E-state index contributed by atoms with van der Waals surface area (Å²) in [4.78, 5) is 16.1. The molecule has 0 bridgehead atoms. The van der Waals surface area contributed by atoms with E-state index in [0.717, 1.165) is 5.39 Å². The first-order chi connectivity index (χ1) is 13.0. The van der Waals surface area contributed by atoms with Gasteiger partial charge in [0.05, 0.1) is 17.6 Å². The van der Waals surface area contributed by atoms with Gasteiger partial charge < -0.3 is 5.32 Å². The van der Waals surface area contributed by atoms with Crippen LogP contribution < -0.4 is 10.0 Å². The summed E-state index contributed by atoms with van der Waals surface area (Å²) in [6.07, 6.45) is 1.55. The summed E-state index contributed by atoms with van der Waals surface area (Å²) in [7, 11) is -2.23. The van der Waals surface area contributed by atoms with Crippen molar-refractivity contribution < 1.29 is 13.2 Å². The molecule has 0 saturated heterocycles. The number of fused-ring (bicyclic) bond motifs is 1. The number of carbonyl (C=O) groups excluding carboxylic acids is 1. The molecule has 0 spiro atoms. The molecule has 0 atom stereocenters. The van der Waals surface area contributed by atoms with Crippen molar-refractivity contribution in [2.45, 2.75) is 4.90 Å². The van der Waals surface area contributed by atoms with Crippen LogP contribution in [-0.4, -0.2) is 32.9 Å². The maximum Gasteiger partial charge on any atom is 0.252 e. The van der Waals surface area contributed by atoms with Gasteiger partial charge in [-0.2, -0.15) is 4.72 Å². The van der Waals surface area contributed by atoms with Crippen LogP contribution >= 0.6 is 0 Å². The Labute approximate surface area is 157 Å². The highest BCUT2D eigenvalue weighted by Crippen LogP contribution is 2.20. The van der Waals surface area contributed by atoms with Gasteiger partial charge in [-0.15, -0.1) is 0 Å². The summed E-state index contributed by atoms with van der Waals surface area (Å²) in [5.41, 5.74) is 1.38. The van der Waals surface area contributed by atoms with Crippen LogP contribution in [0, 0.1) is 11.8 Å². The molecule has 0 radical (unpaired) electrons. The number of amides is 1. The number of rotatable bonds is 4. The van der Waals surface area contributed by atoms with Crippen LogP contribution in [-0.2, 0) is 10.0 Å². The van der Waals surface area contributed by atoms with Gasteiger partial charge in [-0.25, -0.2) is 8.42 Å². The molecule has 136 valence electrons. The van der Waals surface area contributed by atoms with E-state index in [9.17, 15) is 13.2 Å². The van der Waals surface area contributed by atoms with Crippen molar-refractivity contribution in [1.82, 2.24) is 15.0 Å². The third-order valence-corrected chi connectivity index (χ3v) is 5.29. The van der Waals surface area contributed by atoms with E-state index in [1.807, 2.05) is 0 Å². The van der Waals surface area contributed by atoms with Crippen LogP contribution in [0.2, 0.25) is 0 Å². The zero-order chi connectivity index (χ0) is 19.3. The van der Waals surface area contributed by atoms with Gasteiger partial charge in [0.1, 0.15) is 4.90 Å². The van der Waals surface area contributed by atoms with Gasteiger partial charge in [0, 0.05) is 24.2 Å². The molecular formula is C20H17N3O3S. The molecule has 2 aromatic carbocycles. The number of nitrogens with one attached hydrogen (secondary N) is 2. The third kappa shape index (κ3) is 4.14. The second-order valence-electron chi connectivity index (χ2n) is 5.58. The van der Waals surface area contributed by atoms with Gasteiger partial charge in [-0.3, -0.25) is 9.78 Å². The first kappa shape index (κ1) is 18.6. The number of benzene rings is 2. The van der Waals surface area contributed by atoms with Crippen molar-refractivity contribution in [2.75, 3.05) is 13.6 Å². The minimum absolute atomic E-state index is 0.0896. The molecule has 0 aliphatic rings. The van der Waals surface area contributed by atoms with Crippen molar-refractivity contribution in [2.24, 2.45) is 0 Å². The maximum atomic E-state index is 12.6. The third-order valence-electron chi connectivity index (χ3n) is 3.86.